The maximum absolute atomic E-state index is 12.6. The molecule has 1 aliphatic heterocycles. The molecule has 0 aromatic heterocycles. The summed E-state index contributed by atoms with van der Waals surface area (Å²) in [5, 5.41) is 2.84. The number of aryl methyl sites for hydroxylation is 3. The molecule has 6 heteroatoms. The van der Waals surface area contributed by atoms with Crippen LogP contribution >= 0.6 is 12.4 Å². The van der Waals surface area contributed by atoms with Crippen molar-refractivity contribution in [3.8, 4) is 0 Å². The van der Waals surface area contributed by atoms with E-state index in [4.69, 9.17) is 5.73 Å². The Labute approximate surface area is 160 Å². The molecule has 0 bridgehead atoms. The molecular weight excluding hydrogens is 350 g/mol. The van der Waals surface area contributed by atoms with Gasteiger partial charge in [0.25, 0.3) is 0 Å². The highest BCUT2D eigenvalue weighted by Crippen LogP contribution is 2.32. The number of hydrogen-bond acceptors (Lipinski definition) is 3. The van der Waals surface area contributed by atoms with Crippen molar-refractivity contribution < 1.29 is 9.59 Å². The number of carbonyl (C=O) groups excluding carboxylic acids is 2. The van der Waals surface area contributed by atoms with Gasteiger partial charge in [-0.3, -0.25) is 9.59 Å². The van der Waals surface area contributed by atoms with E-state index >= 15 is 0 Å². The molecule has 2 amide bonds. The highest BCUT2D eigenvalue weighted by molar-refractivity contribution is 6.05. The van der Waals surface area contributed by atoms with E-state index in [2.05, 4.69) is 17.4 Å². The summed E-state index contributed by atoms with van der Waals surface area (Å²) >= 11 is 0. The first-order valence-electron chi connectivity index (χ1n) is 8.40. The van der Waals surface area contributed by atoms with Gasteiger partial charge in [0.2, 0.25) is 11.8 Å². The lowest BCUT2D eigenvalue weighted by Crippen LogP contribution is -2.29. The topological polar surface area (TPSA) is 75.4 Å². The minimum atomic E-state index is -0.382. The zero-order chi connectivity index (χ0) is 18.1. The summed E-state index contributed by atoms with van der Waals surface area (Å²) in [7, 11) is 0. The highest BCUT2D eigenvalue weighted by atomic mass is 35.5. The smallest absolute Gasteiger partial charge is 0.229 e. The number of carbonyl (C=O) groups is 2. The van der Waals surface area contributed by atoms with Crippen molar-refractivity contribution in [1.29, 1.82) is 0 Å². The van der Waals surface area contributed by atoms with Gasteiger partial charge >= 0.3 is 0 Å². The molecular formula is C20H24ClN3O2. The van der Waals surface area contributed by atoms with Gasteiger partial charge in [-0.25, -0.2) is 0 Å². The zero-order valence-corrected chi connectivity index (χ0v) is 16.0. The number of hydrogen-bond donors (Lipinski definition) is 2. The van der Waals surface area contributed by atoms with E-state index in [1.54, 1.807) is 17.0 Å². The Morgan fingerprint density at radius 2 is 1.77 bits per heavy atom. The molecule has 0 aliphatic carbocycles. The number of benzene rings is 2. The quantitative estimate of drug-likeness (QED) is 0.807. The Hall–Kier alpha value is -2.53. The lowest BCUT2D eigenvalue weighted by Gasteiger charge is -2.22. The van der Waals surface area contributed by atoms with Crippen molar-refractivity contribution in [3.63, 3.8) is 0 Å². The van der Waals surface area contributed by atoms with Gasteiger partial charge in [0.15, 0.2) is 0 Å². The molecule has 0 saturated carbocycles. The predicted molar refractivity (Wildman–Crippen MR) is 108 cm³/mol. The van der Waals surface area contributed by atoms with Gasteiger partial charge in [0.1, 0.15) is 0 Å². The predicted octanol–water partition coefficient (Wildman–Crippen LogP) is 3.61. The molecule has 5 nitrogen and oxygen atoms in total. The van der Waals surface area contributed by atoms with Gasteiger partial charge < -0.3 is 16.0 Å². The molecule has 26 heavy (non-hydrogen) atoms. The number of para-hydroxylation sites is 2. The second-order valence-corrected chi connectivity index (χ2v) is 6.73. The molecule has 138 valence electrons. The average molecular weight is 374 g/mol. The molecule has 1 aliphatic rings. The fraction of sp³-hybridized carbons (Fsp3) is 0.300. The fourth-order valence-corrected chi connectivity index (χ4v) is 3.54. The zero-order valence-electron chi connectivity index (χ0n) is 15.2. The third-order valence-corrected chi connectivity index (χ3v) is 4.62. The van der Waals surface area contributed by atoms with Crippen LogP contribution in [-0.2, 0) is 9.59 Å². The number of nitrogens with one attached hydrogen (secondary N) is 1. The number of halogens is 1. The van der Waals surface area contributed by atoms with E-state index in [0.717, 1.165) is 16.8 Å². The number of nitrogen functional groups attached to an aromatic ring is 1. The molecule has 0 radical (unpaired) electrons. The van der Waals surface area contributed by atoms with E-state index in [1.165, 1.54) is 5.56 Å². The standard InChI is InChI=1S/C20H23N3O2.ClH/c1-12-8-13(2)19(14(3)9-12)23-11-15(10-18(23)24)20(25)22-17-7-5-4-6-16(17)21;/h4-9,15H,10-11,21H2,1-3H3,(H,22,25);1H. The van der Waals surface area contributed by atoms with Gasteiger partial charge in [-0.1, -0.05) is 29.8 Å². The number of rotatable bonds is 3. The molecule has 1 unspecified atom stereocenters. The van der Waals surface area contributed by atoms with Crippen LogP contribution in [-0.4, -0.2) is 18.4 Å². The number of anilines is 3. The fourth-order valence-electron chi connectivity index (χ4n) is 3.54. The second-order valence-electron chi connectivity index (χ2n) is 6.73. The molecule has 1 saturated heterocycles. The number of nitrogens with zero attached hydrogens (tertiary/aromatic N) is 1. The number of amides is 2. The SMILES string of the molecule is Cc1cc(C)c(N2CC(C(=O)Nc3ccccc3N)CC2=O)c(C)c1.Cl. The van der Waals surface area contributed by atoms with E-state index in [0.29, 0.717) is 17.9 Å². The Morgan fingerprint density at radius 3 is 2.38 bits per heavy atom. The van der Waals surface area contributed by atoms with Crippen LogP contribution in [0.15, 0.2) is 36.4 Å². The molecule has 2 aromatic carbocycles. The normalized spacial score (nSPS) is 16.3. The van der Waals surface area contributed by atoms with Crippen LogP contribution < -0.4 is 16.0 Å². The van der Waals surface area contributed by atoms with Crippen molar-refractivity contribution in [1.82, 2.24) is 0 Å². The van der Waals surface area contributed by atoms with Gasteiger partial charge in [-0.05, 0) is 44.0 Å². The van der Waals surface area contributed by atoms with Crippen LogP contribution in [0.2, 0.25) is 0 Å². The number of nitrogens with two attached hydrogens (primary N) is 1. The molecule has 0 spiro atoms. The van der Waals surface area contributed by atoms with E-state index in [1.807, 2.05) is 32.9 Å². The van der Waals surface area contributed by atoms with Crippen LogP contribution in [0.5, 0.6) is 0 Å². The Balaban J connectivity index is 0.00000243. The third kappa shape index (κ3) is 3.83. The summed E-state index contributed by atoms with van der Waals surface area (Å²) in [6, 6.07) is 11.3. The summed E-state index contributed by atoms with van der Waals surface area (Å²) in [4.78, 5) is 26.8. The van der Waals surface area contributed by atoms with Crippen molar-refractivity contribution >= 4 is 41.3 Å². The first kappa shape index (κ1) is 19.8. The van der Waals surface area contributed by atoms with Crippen LogP contribution in [0.4, 0.5) is 17.1 Å². The van der Waals surface area contributed by atoms with Crippen LogP contribution in [0.25, 0.3) is 0 Å². The molecule has 3 N–H and O–H groups in total. The molecule has 3 rings (SSSR count). The van der Waals surface area contributed by atoms with Gasteiger partial charge in [0.05, 0.1) is 17.3 Å². The van der Waals surface area contributed by atoms with Crippen LogP contribution in [0.1, 0.15) is 23.1 Å². The van der Waals surface area contributed by atoms with Gasteiger partial charge in [-0.15, -0.1) is 12.4 Å². The van der Waals surface area contributed by atoms with E-state index in [9.17, 15) is 9.59 Å². The summed E-state index contributed by atoms with van der Waals surface area (Å²) in [5.41, 5.74) is 11.2. The van der Waals surface area contributed by atoms with Crippen molar-refractivity contribution in [2.45, 2.75) is 27.2 Å². The van der Waals surface area contributed by atoms with Crippen molar-refractivity contribution in [3.05, 3.63) is 53.1 Å². The average Bonchev–Trinajstić information content (AvgIpc) is 2.90. The molecule has 2 aromatic rings. The Morgan fingerprint density at radius 1 is 1.15 bits per heavy atom. The lowest BCUT2D eigenvalue weighted by atomic mass is 10.0. The second kappa shape index (κ2) is 7.79. The van der Waals surface area contributed by atoms with Crippen LogP contribution in [0, 0.1) is 26.7 Å². The summed E-state index contributed by atoms with van der Waals surface area (Å²) in [6.07, 6.45) is 0.214. The Bertz CT molecular complexity index is 828. The first-order valence-corrected chi connectivity index (χ1v) is 8.40. The molecule has 1 heterocycles. The molecule has 1 fully saturated rings. The Kier molecular flexibility index (Phi) is 5.93. The summed E-state index contributed by atoms with van der Waals surface area (Å²) in [5.74, 6) is -0.570. The van der Waals surface area contributed by atoms with Crippen LogP contribution in [0.3, 0.4) is 0 Å². The molecule has 1 atom stereocenters. The van der Waals surface area contributed by atoms with Crippen molar-refractivity contribution in [2.24, 2.45) is 5.92 Å². The minimum Gasteiger partial charge on any atom is -0.397 e. The summed E-state index contributed by atoms with van der Waals surface area (Å²) < 4.78 is 0. The third-order valence-electron chi connectivity index (χ3n) is 4.62. The maximum atomic E-state index is 12.6. The first-order chi connectivity index (χ1) is 11.9. The van der Waals surface area contributed by atoms with Gasteiger partial charge in [-0.2, -0.15) is 0 Å². The van der Waals surface area contributed by atoms with Gasteiger partial charge in [0, 0.05) is 18.7 Å². The largest absolute Gasteiger partial charge is 0.397 e. The summed E-state index contributed by atoms with van der Waals surface area (Å²) in [6.45, 7) is 6.43. The van der Waals surface area contributed by atoms with E-state index < -0.39 is 0 Å². The lowest BCUT2D eigenvalue weighted by molar-refractivity contribution is -0.122. The highest BCUT2D eigenvalue weighted by Gasteiger charge is 2.36. The maximum Gasteiger partial charge on any atom is 0.229 e. The monoisotopic (exact) mass is 373 g/mol. The van der Waals surface area contributed by atoms with Crippen molar-refractivity contribution in [2.75, 3.05) is 22.5 Å². The minimum absolute atomic E-state index is 0. The van der Waals surface area contributed by atoms with E-state index in [-0.39, 0.29) is 36.6 Å².